The smallest absolute Gasteiger partial charge is 0.235 e. The van der Waals surface area contributed by atoms with Crippen LogP contribution in [0.3, 0.4) is 0 Å². The number of hydrazine groups is 3. The van der Waals surface area contributed by atoms with Crippen LogP contribution in [0, 0.1) is 40.5 Å². The van der Waals surface area contributed by atoms with Crippen molar-refractivity contribution >= 4 is 5.96 Å². The number of nitrogens with zero attached hydrogens (tertiary/aromatic N) is 8. The van der Waals surface area contributed by atoms with Crippen molar-refractivity contribution in [2.45, 2.75) is 0 Å². The van der Waals surface area contributed by atoms with Crippen LogP contribution in [-0.2, 0) is 0 Å². The normalized spacial score (nSPS) is 15.2. The molecule has 0 aromatic heterocycles. The Bertz CT molecular complexity index is 447. The van der Waals surface area contributed by atoms with E-state index in [1.54, 1.807) is 0 Å². The molecule has 0 spiro atoms. The molecular weight excluding hydrogens is 276 g/mol. The lowest BCUT2D eigenvalue weighted by Crippen LogP contribution is -2.63. The average molecular weight is 280 g/mol. The molecule has 0 aromatic carbocycles. The Labute approximate surface area is 101 Å². The Balaban J connectivity index is 3.22. The molecular formula is C3H4N8O8. The molecule has 1 rings (SSSR count). The summed E-state index contributed by atoms with van der Waals surface area (Å²) in [7, 11) is 0. The SMILES string of the molecule is O=[N+]([O-])N=C1N([N+](=O)[O-])CN([N+](=O)[O-])CN1[N+](=O)[O-]. The first-order valence-electron chi connectivity index (χ1n) is 4.20. The van der Waals surface area contributed by atoms with Crippen LogP contribution in [0.1, 0.15) is 0 Å². The standard InChI is InChI=1S/C3H4N8O8/c12-8(13)4-3-6(10(16)17)1-5(9(14)15)2-7(3)11(18)19/h1-2H2. The summed E-state index contributed by atoms with van der Waals surface area (Å²) in [4.78, 5) is 41.9. The van der Waals surface area contributed by atoms with Crippen LogP contribution < -0.4 is 0 Å². The Morgan fingerprint density at radius 3 is 1.53 bits per heavy atom. The molecule has 1 saturated heterocycles. The third-order valence-corrected chi connectivity index (χ3v) is 1.85. The topological polar surface area (TPSA) is 195 Å². The lowest BCUT2D eigenvalue weighted by molar-refractivity contribution is -0.743. The van der Waals surface area contributed by atoms with E-state index >= 15 is 0 Å². The van der Waals surface area contributed by atoms with Gasteiger partial charge in [0, 0.05) is 0 Å². The fourth-order valence-corrected chi connectivity index (χ4v) is 1.14. The fourth-order valence-electron chi connectivity index (χ4n) is 1.14. The molecule has 1 fully saturated rings. The van der Waals surface area contributed by atoms with Gasteiger partial charge in [-0.15, -0.1) is 0 Å². The van der Waals surface area contributed by atoms with Gasteiger partial charge in [-0.25, -0.2) is 40.5 Å². The molecule has 0 N–H and O–H groups in total. The minimum Gasteiger partial charge on any atom is -0.235 e. The molecule has 1 aliphatic heterocycles. The summed E-state index contributed by atoms with van der Waals surface area (Å²) >= 11 is 0. The van der Waals surface area contributed by atoms with E-state index in [1.807, 2.05) is 0 Å². The van der Waals surface area contributed by atoms with Gasteiger partial charge in [-0.1, -0.05) is 5.01 Å². The monoisotopic (exact) mass is 280 g/mol. The van der Waals surface area contributed by atoms with Gasteiger partial charge in [-0.3, -0.25) is 0 Å². The number of rotatable bonds is 4. The number of hydrogen-bond acceptors (Lipinski definition) is 8. The largest absolute Gasteiger partial charge is 0.398 e. The predicted octanol–water partition coefficient (Wildman–Crippen LogP) is -2.06. The van der Waals surface area contributed by atoms with Gasteiger partial charge >= 0.3 is 5.96 Å². The molecule has 0 saturated carbocycles. The summed E-state index contributed by atoms with van der Waals surface area (Å²) in [5, 5.41) is 39.1. The number of hydrazone groups is 1. The van der Waals surface area contributed by atoms with Crippen molar-refractivity contribution in [1.82, 2.24) is 15.0 Å². The Hall–Kier alpha value is -3.33. The zero-order valence-electron chi connectivity index (χ0n) is 8.76. The summed E-state index contributed by atoms with van der Waals surface area (Å²) in [6.07, 6.45) is 0. The number of nitro groups is 4. The molecule has 0 radical (unpaired) electrons. The minimum absolute atomic E-state index is 0.116. The maximum atomic E-state index is 10.6. The van der Waals surface area contributed by atoms with E-state index in [2.05, 4.69) is 5.10 Å². The summed E-state index contributed by atoms with van der Waals surface area (Å²) in [6, 6.07) is 0. The van der Waals surface area contributed by atoms with Gasteiger partial charge in [0.15, 0.2) is 20.1 Å². The van der Waals surface area contributed by atoms with Crippen LogP contribution in [-0.4, -0.2) is 54.5 Å². The van der Waals surface area contributed by atoms with Gasteiger partial charge < -0.3 is 0 Å². The van der Waals surface area contributed by atoms with Crippen LogP contribution in [0.5, 0.6) is 0 Å². The summed E-state index contributed by atoms with van der Waals surface area (Å²) < 4.78 is 0. The van der Waals surface area contributed by atoms with Gasteiger partial charge in [-0.05, 0) is 10.0 Å². The van der Waals surface area contributed by atoms with E-state index < -0.39 is 39.4 Å². The second kappa shape index (κ2) is 4.89. The third-order valence-electron chi connectivity index (χ3n) is 1.85. The molecule has 1 aliphatic rings. The van der Waals surface area contributed by atoms with Crippen molar-refractivity contribution in [2.75, 3.05) is 13.3 Å². The Kier molecular flexibility index (Phi) is 3.54. The van der Waals surface area contributed by atoms with E-state index in [1.165, 1.54) is 0 Å². The molecule has 0 unspecified atom stereocenters. The van der Waals surface area contributed by atoms with Gasteiger partial charge in [-0.2, -0.15) is 0 Å². The van der Waals surface area contributed by atoms with Gasteiger partial charge in [0.25, 0.3) is 0 Å². The van der Waals surface area contributed by atoms with E-state index in [0.717, 1.165) is 0 Å². The summed E-state index contributed by atoms with van der Waals surface area (Å²) in [6.45, 7) is -2.06. The first kappa shape index (κ1) is 13.7. The molecule has 1 heterocycles. The molecule has 104 valence electrons. The molecule has 0 aliphatic carbocycles. The zero-order valence-corrected chi connectivity index (χ0v) is 8.76. The van der Waals surface area contributed by atoms with E-state index in [4.69, 9.17) is 0 Å². The maximum absolute atomic E-state index is 10.6. The highest BCUT2D eigenvalue weighted by Gasteiger charge is 2.48. The van der Waals surface area contributed by atoms with E-state index in [9.17, 15) is 40.5 Å². The number of hydrogen-bond donors (Lipinski definition) is 0. The minimum atomic E-state index is -1.38. The highest BCUT2D eigenvalue weighted by molar-refractivity contribution is 5.77. The number of guanidine groups is 1. The fraction of sp³-hybridized carbons (Fsp3) is 0.667. The van der Waals surface area contributed by atoms with Crippen molar-refractivity contribution in [3.63, 3.8) is 0 Å². The van der Waals surface area contributed by atoms with Crippen molar-refractivity contribution in [3.8, 4) is 0 Å². The van der Waals surface area contributed by atoms with Gasteiger partial charge in [0.05, 0.1) is 0 Å². The van der Waals surface area contributed by atoms with Crippen molar-refractivity contribution < 1.29 is 20.1 Å². The van der Waals surface area contributed by atoms with E-state index in [0.29, 0.717) is 0 Å². The van der Waals surface area contributed by atoms with Crippen LogP contribution in [0.2, 0.25) is 0 Å². The average Bonchev–Trinajstić information content (AvgIpc) is 2.27. The summed E-state index contributed by atoms with van der Waals surface area (Å²) in [5.74, 6) is -1.24. The Morgan fingerprint density at radius 2 is 1.26 bits per heavy atom. The lowest BCUT2D eigenvalue weighted by atomic mass is 10.6. The second-order valence-electron chi connectivity index (χ2n) is 2.94. The predicted molar refractivity (Wildman–Crippen MR) is 50.7 cm³/mol. The van der Waals surface area contributed by atoms with Crippen LogP contribution >= 0.6 is 0 Å². The molecule has 0 amide bonds. The molecule has 0 aromatic rings. The summed E-state index contributed by atoms with van der Waals surface area (Å²) in [5.41, 5.74) is 0. The molecule has 19 heavy (non-hydrogen) atoms. The van der Waals surface area contributed by atoms with E-state index in [-0.39, 0.29) is 15.0 Å². The third kappa shape index (κ3) is 2.87. The maximum Gasteiger partial charge on any atom is 0.398 e. The first-order valence-corrected chi connectivity index (χ1v) is 4.20. The highest BCUT2D eigenvalue weighted by Crippen LogP contribution is 2.11. The molecule has 0 bridgehead atoms. The zero-order chi connectivity index (χ0) is 14.7. The van der Waals surface area contributed by atoms with Crippen LogP contribution in [0.25, 0.3) is 0 Å². The second-order valence-corrected chi connectivity index (χ2v) is 2.94. The highest BCUT2D eigenvalue weighted by atomic mass is 16.7. The first-order chi connectivity index (χ1) is 8.73. The van der Waals surface area contributed by atoms with Crippen LogP contribution in [0.15, 0.2) is 5.10 Å². The van der Waals surface area contributed by atoms with Gasteiger partial charge in [0.1, 0.15) is 5.10 Å². The van der Waals surface area contributed by atoms with Crippen molar-refractivity contribution in [3.05, 3.63) is 40.5 Å². The quantitative estimate of drug-likeness (QED) is 0.405. The molecule has 0 atom stereocenters. The molecule has 16 nitrogen and oxygen atoms in total. The van der Waals surface area contributed by atoms with Crippen LogP contribution in [0.4, 0.5) is 0 Å². The Morgan fingerprint density at radius 1 is 0.842 bits per heavy atom. The lowest BCUT2D eigenvalue weighted by Gasteiger charge is -2.26. The van der Waals surface area contributed by atoms with Crippen molar-refractivity contribution in [2.24, 2.45) is 5.10 Å². The molecule has 16 heteroatoms. The van der Waals surface area contributed by atoms with Crippen molar-refractivity contribution in [1.29, 1.82) is 0 Å². The van der Waals surface area contributed by atoms with Gasteiger partial charge in [0.2, 0.25) is 13.3 Å².